The van der Waals surface area contributed by atoms with Crippen molar-refractivity contribution in [2.45, 2.75) is 91.5 Å². The van der Waals surface area contributed by atoms with Crippen molar-refractivity contribution in [2.24, 2.45) is 46.3 Å². The van der Waals surface area contributed by atoms with Gasteiger partial charge in [-0.15, -0.1) is 0 Å². The van der Waals surface area contributed by atoms with Crippen LogP contribution in [0.4, 0.5) is 0 Å². The van der Waals surface area contributed by atoms with E-state index in [0.29, 0.717) is 59.8 Å². The van der Waals surface area contributed by atoms with Gasteiger partial charge >= 0.3 is 0 Å². The maximum atomic E-state index is 12.5. The van der Waals surface area contributed by atoms with E-state index in [2.05, 4.69) is 37.9 Å². The molecule has 8 heteroatoms. The molecule has 0 radical (unpaired) electrons. The molecule has 2 amide bonds. The molecule has 7 nitrogen and oxygen atoms in total. The van der Waals surface area contributed by atoms with E-state index in [0.717, 1.165) is 25.2 Å². The number of piperidine rings is 1. The van der Waals surface area contributed by atoms with Gasteiger partial charge in [-0.25, -0.2) is 0 Å². The van der Waals surface area contributed by atoms with Gasteiger partial charge in [0.1, 0.15) is 0 Å². The monoisotopic (exact) mass is 510 g/mol. The molecular weight excluding hydrogens is 464 g/mol. The molecule has 1 saturated heterocycles. The first-order valence-corrected chi connectivity index (χ1v) is 15.4. The summed E-state index contributed by atoms with van der Waals surface area (Å²) >= 11 is 0. The molecule has 9 atom stereocenters. The molecule has 3 saturated carbocycles. The van der Waals surface area contributed by atoms with E-state index >= 15 is 0 Å². The molecule has 0 spiro atoms. The Morgan fingerprint density at radius 3 is 2.54 bits per heavy atom. The normalized spacial score (nSPS) is 42.1. The summed E-state index contributed by atoms with van der Waals surface area (Å²) in [7, 11) is -2.03. The van der Waals surface area contributed by atoms with Crippen molar-refractivity contribution in [3.05, 3.63) is 0 Å². The highest BCUT2D eigenvalue weighted by Gasteiger charge is 2.63. The van der Waals surface area contributed by atoms with Gasteiger partial charge < -0.3 is 10.2 Å². The van der Waals surface area contributed by atoms with E-state index in [1.165, 1.54) is 25.7 Å². The largest absolute Gasteiger partial charge is 0.355 e. The van der Waals surface area contributed by atoms with Crippen LogP contribution in [0.2, 0.25) is 0 Å². The molecule has 0 aromatic rings. The predicted molar refractivity (Wildman–Crippen MR) is 136 cm³/mol. The number of hydrogen-bond donors (Lipinski definition) is 2. The summed E-state index contributed by atoms with van der Waals surface area (Å²) < 4.78 is 30.6. The maximum absolute atomic E-state index is 12.5. The SMILES string of the molecule is C[C@H](CCC(=O)NCCS(=O)(=O)O)[C@H]1CC[C@H]2[C@@H]3[C@@H](C)C[C@H]4N(C)C(=O)CC[C@]4(C)[C@H]3CC[C@]12C. The third kappa shape index (κ3) is 4.90. The minimum Gasteiger partial charge on any atom is -0.355 e. The first-order valence-electron chi connectivity index (χ1n) is 13.8. The lowest BCUT2D eigenvalue weighted by Crippen LogP contribution is -2.63. The van der Waals surface area contributed by atoms with Crippen molar-refractivity contribution in [3.8, 4) is 0 Å². The maximum Gasteiger partial charge on any atom is 0.266 e. The second-order valence-corrected chi connectivity index (χ2v) is 14.5. The standard InChI is InChI=1S/C27H46N2O5S/c1-17(6-9-23(30)28-14-15-35(32,33)34)19-7-8-20-25-18(2)16-22-27(4,13-11-24(31)29(22)5)21(25)10-12-26(19,20)3/h17-22,25H,6-16H2,1-5H3,(H,28,30)(H,32,33,34)/t17-,18+,19-,20+,21+,22-,25+,26-,27-/m1/s1. The third-order valence-electron chi connectivity index (χ3n) is 11.2. The van der Waals surface area contributed by atoms with E-state index in [1.54, 1.807) is 0 Å². The first-order chi connectivity index (χ1) is 16.3. The number of likely N-dealkylation sites (tertiary alicyclic amines) is 1. The lowest BCUT2D eigenvalue weighted by atomic mass is 9.44. The van der Waals surface area contributed by atoms with E-state index in [-0.39, 0.29) is 17.9 Å². The highest BCUT2D eigenvalue weighted by molar-refractivity contribution is 7.85. The molecular formula is C27H46N2O5S. The van der Waals surface area contributed by atoms with Gasteiger partial charge in [0.25, 0.3) is 10.1 Å². The molecule has 3 aliphatic carbocycles. The van der Waals surface area contributed by atoms with Gasteiger partial charge in [-0.2, -0.15) is 8.42 Å². The van der Waals surface area contributed by atoms with Gasteiger partial charge in [0, 0.05) is 32.5 Å². The Kier molecular flexibility index (Phi) is 7.40. The van der Waals surface area contributed by atoms with Crippen LogP contribution in [0.25, 0.3) is 0 Å². The Morgan fingerprint density at radius 1 is 1.17 bits per heavy atom. The van der Waals surface area contributed by atoms with Crippen LogP contribution in [0.5, 0.6) is 0 Å². The second kappa shape index (κ2) is 9.62. The van der Waals surface area contributed by atoms with E-state index in [4.69, 9.17) is 4.55 Å². The zero-order chi connectivity index (χ0) is 25.8. The molecule has 35 heavy (non-hydrogen) atoms. The van der Waals surface area contributed by atoms with Crippen LogP contribution >= 0.6 is 0 Å². The Labute approximate surface area is 211 Å². The molecule has 0 bridgehead atoms. The topological polar surface area (TPSA) is 104 Å². The van der Waals surface area contributed by atoms with E-state index < -0.39 is 15.9 Å². The molecule has 1 heterocycles. The van der Waals surface area contributed by atoms with Gasteiger partial charge in [0.2, 0.25) is 11.8 Å². The highest BCUT2D eigenvalue weighted by Crippen LogP contribution is 2.68. The van der Waals surface area contributed by atoms with Crippen molar-refractivity contribution >= 4 is 21.9 Å². The summed E-state index contributed by atoms with van der Waals surface area (Å²) in [6.45, 7) is 9.67. The Bertz CT molecular complexity index is 938. The molecule has 200 valence electrons. The molecule has 0 unspecified atom stereocenters. The fourth-order valence-corrected chi connectivity index (χ4v) is 9.77. The van der Waals surface area contributed by atoms with Crippen molar-refractivity contribution < 1.29 is 22.6 Å². The number of carbonyl (C=O) groups is 2. The zero-order valence-electron chi connectivity index (χ0n) is 22.3. The van der Waals surface area contributed by atoms with Crippen LogP contribution in [0, 0.1) is 46.3 Å². The van der Waals surface area contributed by atoms with Crippen LogP contribution in [0.3, 0.4) is 0 Å². The summed E-state index contributed by atoms with van der Waals surface area (Å²) in [6, 6.07) is 0.375. The molecule has 0 aromatic heterocycles. The number of nitrogens with zero attached hydrogens (tertiary/aromatic N) is 1. The molecule has 4 fully saturated rings. The molecule has 4 rings (SSSR count). The van der Waals surface area contributed by atoms with Crippen molar-refractivity contribution in [2.75, 3.05) is 19.3 Å². The average Bonchev–Trinajstić information content (AvgIpc) is 3.13. The van der Waals surface area contributed by atoms with Gasteiger partial charge in [-0.3, -0.25) is 14.1 Å². The van der Waals surface area contributed by atoms with Crippen LogP contribution in [-0.2, 0) is 19.7 Å². The summed E-state index contributed by atoms with van der Waals surface area (Å²) in [4.78, 5) is 26.8. The second-order valence-electron chi connectivity index (χ2n) is 12.9. The Balaban J connectivity index is 1.41. The minimum absolute atomic E-state index is 0.0449. The predicted octanol–water partition coefficient (Wildman–Crippen LogP) is 4.13. The Hall–Kier alpha value is -1.15. The summed E-state index contributed by atoms with van der Waals surface area (Å²) in [5, 5.41) is 2.63. The van der Waals surface area contributed by atoms with Gasteiger partial charge in [0.15, 0.2) is 0 Å². The number of nitrogens with one attached hydrogen (secondary N) is 1. The molecule has 4 aliphatic rings. The summed E-state index contributed by atoms with van der Waals surface area (Å²) in [5.41, 5.74) is 0.529. The highest BCUT2D eigenvalue weighted by atomic mass is 32.2. The van der Waals surface area contributed by atoms with E-state index in [9.17, 15) is 18.0 Å². The number of hydrogen-bond acceptors (Lipinski definition) is 4. The van der Waals surface area contributed by atoms with Crippen LogP contribution < -0.4 is 5.32 Å². The lowest BCUT2D eigenvalue weighted by molar-refractivity contribution is -0.167. The lowest BCUT2D eigenvalue weighted by Gasteiger charge is -2.64. The average molecular weight is 511 g/mol. The number of amides is 2. The van der Waals surface area contributed by atoms with Gasteiger partial charge in [-0.05, 0) is 91.3 Å². The Morgan fingerprint density at radius 2 is 1.86 bits per heavy atom. The first kappa shape index (κ1) is 26.9. The van der Waals surface area contributed by atoms with Crippen LogP contribution in [0.1, 0.15) is 85.5 Å². The summed E-state index contributed by atoms with van der Waals surface area (Å²) in [5.74, 6) is 3.52. The third-order valence-corrected chi connectivity index (χ3v) is 11.9. The summed E-state index contributed by atoms with van der Waals surface area (Å²) in [6.07, 6.45) is 9.02. The zero-order valence-corrected chi connectivity index (χ0v) is 23.1. The van der Waals surface area contributed by atoms with Crippen molar-refractivity contribution in [1.29, 1.82) is 0 Å². The quantitative estimate of drug-likeness (QED) is 0.501. The van der Waals surface area contributed by atoms with Crippen LogP contribution in [-0.4, -0.2) is 55.1 Å². The molecule has 1 aliphatic heterocycles. The van der Waals surface area contributed by atoms with Gasteiger partial charge in [0.05, 0.1) is 5.75 Å². The smallest absolute Gasteiger partial charge is 0.266 e. The minimum atomic E-state index is -4.05. The van der Waals surface area contributed by atoms with Crippen molar-refractivity contribution in [3.63, 3.8) is 0 Å². The van der Waals surface area contributed by atoms with Crippen molar-refractivity contribution in [1.82, 2.24) is 10.2 Å². The molecule has 2 N–H and O–H groups in total. The fraction of sp³-hybridized carbons (Fsp3) is 0.926. The van der Waals surface area contributed by atoms with Crippen LogP contribution in [0.15, 0.2) is 0 Å². The molecule has 0 aromatic carbocycles. The number of fused-ring (bicyclic) bond motifs is 5. The van der Waals surface area contributed by atoms with E-state index in [1.807, 2.05) is 7.05 Å². The number of carbonyl (C=O) groups excluding carboxylic acids is 2. The fourth-order valence-electron chi connectivity index (χ4n) is 9.41. The number of rotatable bonds is 7. The van der Waals surface area contributed by atoms with Gasteiger partial charge in [-0.1, -0.05) is 27.7 Å².